The number of thiol groups is 1. The van der Waals surface area contributed by atoms with Gasteiger partial charge < -0.3 is 21.1 Å². The molecule has 1 amide bonds. The minimum atomic E-state index is -0.666. The fourth-order valence-corrected chi connectivity index (χ4v) is 5.55. The third-order valence-corrected chi connectivity index (χ3v) is 8.72. The van der Waals surface area contributed by atoms with Crippen LogP contribution in [0, 0.1) is 5.92 Å². The third kappa shape index (κ3) is 10.6. The zero-order valence-electron chi connectivity index (χ0n) is 24.9. The summed E-state index contributed by atoms with van der Waals surface area (Å²) in [6.07, 6.45) is 5.03. The minimum absolute atomic E-state index is 0.0478. The molecule has 0 aliphatic heterocycles. The number of rotatable bonds is 19. The fourth-order valence-electron chi connectivity index (χ4n) is 4.95. The topological polar surface area (TPSA) is 96.7 Å². The first-order valence-electron chi connectivity index (χ1n) is 14.5. The summed E-state index contributed by atoms with van der Waals surface area (Å²) in [7, 11) is 1.37. The zero-order valence-corrected chi connectivity index (χ0v) is 26.6. The molecule has 5 atom stereocenters. The van der Waals surface area contributed by atoms with Crippen molar-refractivity contribution in [2.45, 2.75) is 77.2 Å². The maximum absolute atomic E-state index is 13.9. The first kappa shape index (κ1) is 34.4. The summed E-state index contributed by atoms with van der Waals surface area (Å²) in [6.45, 7) is 8.46. The van der Waals surface area contributed by atoms with Crippen LogP contribution in [0.2, 0.25) is 0 Å². The fraction of sp³-hybridized carbons (Fsp3) is 0.613. The van der Waals surface area contributed by atoms with Crippen molar-refractivity contribution in [1.29, 1.82) is 0 Å². The van der Waals surface area contributed by atoms with Gasteiger partial charge in [-0.05, 0) is 47.1 Å². The number of benzene rings is 2. The number of nitrogens with two attached hydrogens (primary N) is 1. The first-order valence-corrected chi connectivity index (χ1v) is 16.5. The Morgan fingerprint density at radius 1 is 1.12 bits per heavy atom. The number of methoxy groups -OCH3 is 1. The number of nitrogens with zero attached hydrogens (tertiary/aromatic N) is 1. The number of hydrogen-bond acceptors (Lipinski definition) is 8. The van der Waals surface area contributed by atoms with E-state index in [9.17, 15) is 9.59 Å². The second-order valence-electron chi connectivity index (χ2n) is 10.6. The van der Waals surface area contributed by atoms with Crippen LogP contribution in [0.4, 0.5) is 0 Å². The van der Waals surface area contributed by atoms with E-state index in [1.165, 1.54) is 23.4 Å². The van der Waals surface area contributed by atoms with Crippen molar-refractivity contribution < 1.29 is 14.3 Å². The highest BCUT2D eigenvalue weighted by Crippen LogP contribution is 2.23. The van der Waals surface area contributed by atoms with Gasteiger partial charge in [0, 0.05) is 37.5 Å². The Hall–Kier alpha value is -1.78. The van der Waals surface area contributed by atoms with Crippen molar-refractivity contribution in [1.82, 2.24) is 15.5 Å². The third-order valence-electron chi connectivity index (χ3n) is 7.61. The molecule has 2 aromatic rings. The Bertz CT molecular complexity index is 1040. The van der Waals surface area contributed by atoms with Crippen LogP contribution in [0.1, 0.15) is 52.0 Å². The van der Waals surface area contributed by atoms with Gasteiger partial charge in [0.1, 0.15) is 6.04 Å². The lowest BCUT2D eigenvalue weighted by Gasteiger charge is -2.37. The zero-order chi connectivity index (χ0) is 29.5. The number of esters is 1. The molecular formula is C31H50N4O3S2. The molecule has 0 aliphatic carbocycles. The van der Waals surface area contributed by atoms with E-state index in [1.54, 1.807) is 11.8 Å². The number of thioether (sulfide) groups is 1. The summed E-state index contributed by atoms with van der Waals surface area (Å²) in [4.78, 5) is 28.8. The van der Waals surface area contributed by atoms with Crippen LogP contribution in [-0.2, 0) is 20.9 Å². The van der Waals surface area contributed by atoms with E-state index in [0.29, 0.717) is 44.1 Å². The maximum atomic E-state index is 13.9. The first-order chi connectivity index (χ1) is 19.3. The quantitative estimate of drug-likeness (QED) is 0.142. The lowest BCUT2D eigenvalue weighted by atomic mass is 9.96. The molecule has 0 unspecified atom stereocenters. The van der Waals surface area contributed by atoms with Crippen LogP contribution in [0.3, 0.4) is 0 Å². The minimum Gasteiger partial charge on any atom is -0.467 e. The van der Waals surface area contributed by atoms with Gasteiger partial charge in [-0.1, -0.05) is 76.1 Å². The summed E-state index contributed by atoms with van der Waals surface area (Å²) >= 11 is 6.01. The highest BCUT2D eigenvalue weighted by Gasteiger charge is 2.32. The van der Waals surface area contributed by atoms with Gasteiger partial charge in [-0.2, -0.15) is 24.4 Å². The smallest absolute Gasteiger partial charge is 0.328 e. The summed E-state index contributed by atoms with van der Waals surface area (Å²) in [5.41, 5.74) is 7.38. The molecule has 0 saturated carbocycles. The van der Waals surface area contributed by atoms with Crippen LogP contribution in [-0.4, -0.2) is 78.9 Å². The van der Waals surface area contributed by atoms with E-state index in [1.807, 2.05) is 12.3 Å². The van der Waals surface area contributed by atoms with Gasteiger partial charge >= 0.3 is 5.97 Å². The van der Waals surface area contributed by atoms with Crippen molar-refractivity contribution in [2.75, 3.05) is 38.0 Å². The Kier molecular flexibility index (Phi) is 16.0. The van der Waals surface area contributed by atoms with Gasteiger partial charge in [0.05, 0.1) is 13.2 Å². The number of nitrogens with one attached hydrogen (secondary N) is 2. The van der Waals surface area contributed by atoms with Crippen LogP contribution >= 0.6 is 24.4 Å². The summed E-state index contributed by atoms with van der Waals surface area (Å²) in [6, 6.07) is 13.7. The predicted octanol–water partition coefficient (Wildman–Crippen LogP) is 4.48. The molecule has 0 fully saturated rings. The molecule has 40 heavy (non-hydrogen) atoms. The molecule has 2 aromatic carbocycles. The molecule has 0 heterocycles. The summed E-state index contributed by atoms with van der Waals surface area (Å²) < 4.78 is 5.03. The lowest BCUT2D eigenvalue weighted by molar-refractivity contribution is -0.146. The molecular weight excluding hydrogens is 541 g/mol. The largest absolute Gasteiger partial charge is 0.467 e. The Labute approximate surface area is 251 Å². The highest BCUT2D eigenvalue weighted by molar-refractivity contribution is 7.98. The number of ether oxygens (including phenoxy) is 1. The molecule has 2 rings (SSSR count). The van der Waals surface area contributed by atoms with Crippen molar-refractivity contribution >= 4 is 47.0 Å². The Morgan fingerprint density at radius 3 is 2.50 bits per heavy atom. The highest BCUT2D eigenvalue weighted by atomic mass is 32.2. The number of carbonyl (C=O) groups excluding carboxylic acids is 2. The molecule has 0 spiro atoms. The van der Waals surface area contributed by atoms with Gasteiger partial charge in [0.25, 0.3) is 0 Å². The van der Waals surface area contributed by atoms with Crippen molar-refractivity contribution in [2.24, 2.45) is 11.7 Å². The monoisotopic (exact) mass is 590 g/mol. The van der Waals surface area contributed by atoms with Gasteiger partial charge in [0.2, 0.25) is 5.91 Å². The van der Waals surface area contributed by atoms with E-state index in [4.69, 9.17) is 10.5 Å². The molecule has 4 N–H and O–H groups in total. The van der Waals surface area contributed by atoms with E-state index in [2.05, 4.69) is 85.3 Å². The number of hydrogen-bond donors (Lipinski definition) is 4. The SMILES string of the molecule is CCC[C@@H](C(=O)N[C@@H](CCSC)C(=O)OC)N(Cc1cccc2ccccc12)C[C@@H](NC[C@@H](N)CS)[C@@H](C)CC. The molecule has 0 aromatic heterocycles. The molecule has 7 nitrogen and oxygen atoms in total. The molecule has 224 valence electrons. The van der Waals surface area contributed by atoms with Crippen LogP contribution in [0.25, 0.3) is 10.8 Å². The number of fused-ring (bicyclic) bond motifs is 1. The average molecular weight is 591 g/mol. The molecule has 0 bridgehead atoms. The van der Waals surface area contributed by atoms with Gasteiger partial charge in [-0.25, -0.2) is 4.79 Å². The summed E-state index contributed by atoms with van der Waals surface area (Å²) in [5, 5.41) is 9.09. The second-order valence-corrected chi connectivity index (χ2v) is 11.9. The van der Waals surface area contributed by atoms with Gasteiger partial charge in [0.15, 0.2) is 0 Å². The van der Waals surface area contributed by atoms with Crippen molar-refractivity contribution in [3.05, 3.63) is 48.0 Å². The Balaban J connectivity index is 2.47. The van der Waals surface area contributed by atoms with Crippen LogP contribution in [0.5, 0.6) is 0 Å². The van der Waals surface area contributed by atoms with E-state index >= 15 is 0 Å². The average Bonchev–Trinajstić information content (AvgIpc) is 2.98. The molecule has 0 aliphatic rings. The Morgan fingerprint density at radius 2 is 1.85 bits per heavy atom. The van der Waals surface area contributed by atoms with Crippen molar-refractivity contribution in [3.8, 4) is 0 Å². The molecule has 0 saturated heterocycles. The van der Waals surface area contributed by atoms with E-state index < -0.39 is 18.1 Å². The van der Waals surface area contributed by atoms with Gasteiger partial charge in [-0.15, -0.1) is 0 Å². The summed E-state index contributed by atoms with van der Waals surface area (Å²) in [5.74, 6) is 1.19. The van der Waals surface area contributed by atoms with Crippen LogP contribution < -0.4 is 16.4 Å². The second kappa shape index (κ2) is 18.6. The normalized spacial score (nSPS) is 15.4. The lowest BCUT2D eigenvalue weighted by Crippen LogP contribution is -2.56. The van der Waals surface area contributed by atoms with Gasteiger partial charge in [-0.3, -0.25) is 9.69 Å². The maximum Gasteiger partial charge on any atom is 0.328 e. The van der Waals surface area contributed by atoms with E-state index in [0.717, 1.165) is 18.6 Å². The van der Waals surface area contributed by atoms with Crippen LogP contribution in [0.15, 0.2) is 42.5 Å². The standard InChI is InChI=1S/C31H50N4O3S2/c1-6-11-29(30(36)34-27(16-17-40-5)31(37)38-4)35(20-28(22(3)7-2)33-18-25(32)21-39)19-24-14-10-13-23-12-8-9-15-26(23)24/h8-10,12-15,22,25,27-29,33,39H,6-7,11,16-21,32H2,1-5H3,(H,34,36)/t22-,25+,27-,28+,29-/m0/s1. The van der Waals surface area contributed by atoms with Crippen molar-refractivity contribution in [3.63, 3.8) is 0 Å². The molecule has 9 heteroatoms. The predicted molar refractivity (Wildman–Crippen MR) is 173 cm³/mol. The number of amides is 1. The number of carbonyl (C=O) groups is 2. The van der Waals surface area contributed by atoms with E-state index in [-0.39, 0.29) is 18.0 Å². The molecule has 0 radical (unpaired) electrons.